The number of amides is 1. The molecule has 2 aromatic rings. The van der Waals surface area contributed by atoms with Crippen molar-refractivity contribution in [3.8, 4) is 11.5 Å². The Morgan fingerprint density at radius 3 is 2.54 bits per heavy atom. The van der Waals surface area contributed by atoms with Crippen molar-refractivity contribution in [2.45, 2.75) is 19.9 Å². The summed E-state index contributed by atoms with van der Waals surface area (Å²) in [6.07, 6.45) is 0. The third-order valence-corrected chi connectivity index (χ3v) is 4.33. The quantitative estimate of drug-likeness (QED) is 0.726. The first-order chi connectivity index (χ1) is 11.5. The standard InChI is InChI=1S/C18H19BrClNO3/c1-4-24-16-10-13(9-15(19)17(16)23-3)18(22)21-11(2)12-5-7-14(20)8-6-12/h5-11H,4H2,1-3H3,(H,21,22)/t11-/m1/s1. The largest absolute Gasteiger partial charge is 0.492 e. The number of ether oxygens (including phenoxy) is 2. The number of benzene rings is 2. The summed E-state index contributed by atoms with van der Waals surface area (Å²) in [4.78, 5) is 12.5. The lowest BCUT2D eigenvalue weighted by Gasteiger charge is -2.16. The molecule has 24 heavy (non-hydrogen) atoms. The SMILES string of the molecule is CCOc1cc(C(=O)N[C@H](C)c2ccc(Cl)cc2)cc(Br)c1OC. The summed E-state index contributed by atoms with van der Waals surface area (Å²) in [5.41, 5.74) is 1.47. The van der Waals surface area contributed by atoms with E-state index in [0.717, 1.165) is 5.56 Å². The van der Waals surface area contributed by atoms with Crippen LogP contribution in [-0.2, 0) is 0 Å². The Morgan fingerprint density at radius 1 is 1.29 bits per heavy atom. The second kappa shape index (κ2) is 8.40. The van der Waals surface area contributed by atoms with Crippen molar-refractivity contribution in [2.24, 2.45) is 0 Å². The third-order valence-electron chi connectivity index (χ3n) is 3.49. The van der Waals surface area contributed by atoms with Gasteiger partial charge in [0.2, 0.25) is 0 Å². The van der Waals surface area contributed by atoms with Gasteiger partial charge in [0, 0.05) is 10.6 Å². The van der Waals surface area contributed by atoms with Gasteiger partial charge in [0.15, 0.2) is 11.5 Å². The number of carbonyl (C=O) groups excluding carboxylic acids is 1. The maximum atomic E-state index is 12.5. The van der Waals surface area contributed by atoms with Crippen molar-refractivity contribution >= 4 is 33.4 Å². The van der Waals surface area contributed by atoms with Crippen LogP contribution in [-0.4, -0.2) is 19.6 Å². The predicted molar refractivity (Wildman–Crippen MR) is 99.2 cm³/mol. The maximum absolute atomic E-state index is 12.5. The van der Waals surface area contributed by atoms with Crippen molar-refractivity contribution in [3.05, 3.63) is 57.0 Å². The lowest BCUT2D eigenvalue weighted by Crippen LogP contribution is -2.26. The zero-order valence-corrected chi connectivity index (χ0v) is 16.1. The Labute approximate surface area is 155 Å². The minimum atomic E-state index is -0.193. The second-order valence-electron chi connectivity index (χ2n) is 5.17. The Balaban J connectivity index is 2.21. The van der Waals surface area contributed by atoms with Crippen molar-refractivity contribution in [2.75, 3.05) is 13.7 Å². The molecule has 0 saturated carbocycles. The summed E-state index contributed by atoms with van der Waals surface area (Å²) < 4.78 is 11.5. The number of hydrogen-bond donors (Lipinski definition) is 1. The maximum Gasteiger partial charge on any atom is 0.251 e. The summed E-state index contributed by atoms with van der Waals surface area (Å²) in [5.74, 6) is 0.902. The normalized spacial score (nSPS) is 11.7. The number of methoxy groups -OCH3 is 1. The summed E-state index contributed by atoms with van der Waals surface area (Å²) >= 11 is 9.31. The minimum Gasteiger partial charge on any atom is -0.492 e. The summed E-state index contributed by atoms with van der Waals surface area (Å²) in [5, 5.41) is 3.63. The molecule has 0 unspecified atom stereocenters. The number of carbonyl (C=O) groups is 1. The Bertz CT molecular complexity index is 719. The van der Waals surface area contributed by atoms with E-state index in [-0.39, 0.29) is 11.9 Å². The van der Waals surface area contributed by atoms with Gasteiger partial charge < -0.3 is 14.8 Å². The molecule has 1 N–H and O–H groups in total. The number of rotatable bonds is 6. The first kappa shape index (κ1) is 18.6. The van der Waals surface area contributed by atoms with Crippen molar-refractivity contribution in [3.63, 3.8) is 0 Å². The van der Waals surface area contributed by atoms with Crippen LogP contribution >= 0.6 is 27.5 Å². The molecule has 2 aromatic carbocycles. The average Bonchev–Trinajstić information content (AvgIpc) is 2.55. The molecule has 0 aliphatic rings. The summed E-state index contributed by atoms with van der Waals surface area (Å²) in [6, 6.07) is 10.6. The molecule has 0 fully saturated rings. The molecule has 2 rings (SSSR count). The van der Waals surface area contributed by atoms with E-state index < -0.39 is 0 Å². The molecule has 0 aliphatic carbocycles. The number of nitrogens with one attached hydrogen (secondary N) is 1. The monoisotopic (exact) mass is 411 g/mol. The van der Waals surface area contributed by atoms with Gasteiger partial charge >= 0.3 is 0 Å². The van der Waals surface area contributed by atoms with E-state index in [9.17, 15) is 4.79 Å². The summed E-state index contributed by atoms with van der Waals surface area (Å²) in [7, 11) is 1.56. The highest BCUT2D eigenvalue weighted by Gasteiger charge is 2.17. The molecule has 4 nitrogen and oxygen atoms in total. The van der Waals surface area contributed by atoms with E-state index in [1.165, 1.54) is 0 Å². The third kappa shape index (κ3) is 4.42. The fourth-order valence-electron chi connectivity index (χ4n) is 2.27. The molecule has 1 amide bonds. The topological polar surface area (TPSA) is 47.6 Å². The molecule has 6 heteroatoms. The summed E-state index contributed by atoms with van der Waals surface area (Å²) in [6.45, 7) is 4.28. The van der Waals surface area contributed by atoms with Gasteiger partial charge in [0.1, 0.15) is 0 Å². The molecule has 128 valence electrons. The molecule has 0 heterocycles. The van der Waals surface area contributed by atoms with Gasteiger partial charge in [0.25, 0.3) is 5.91 Å². The van der Waals surface area contributed by atoms with Crippen LogP contribution in [0.1, 0.15) is 35.8 Å². The highest BCUT2D eigenvalue weighted by atomic mass is 79.9. The molecular formula is C18H19BrClNO3. The minimum absolute atomic E-state index is 0.147. The van der Waals surface area contributed by atoms with Crippen molar-refractivity contribution in [1.29, 1.82) is 0 Å². The first-order valence-corrected chi connectivity index (χ1v) is 8.70. The van der Waals surface area contributed by atoms with E-state index >= 15 is 0 Å². The van der Waals surface area contributed by atoms with Gasteiger partial charge in [0.05, 0.1) is 24.2 Å². The molecular weight excluding hydrogens is 394 g/mol. The van der Waals surface area contributed by atoms with Crippen LogP contribution in [0.2, 0.25) is 5.02 Å². The van der Waals surface area contributed by atoms with Crippen LogP contribution in [0.25, 0.3) is 0 Å². The van der Waals surface area contributed by atoms with Gasteiger partial charge in [-0.2, -0.15) is 0 Å². The van der Waals surface area contributed by atoms with E-state index in [4.69, 9.17) is 21.1 Å². The van der Waals surface area contributed by atoms with Gasteiger partial charge in [-0.3, -0.25) is 4.79 Å². The predicted octanol–water partition coefficient (Wildman–Crippen LogP) is 5.00. The fourth-order valence-corrected chi connectivity index (χ4v) is 3.00. The smallest absolute Gasteiger partial charge is 0.251 e. The Kier molecular flexibility index (Phi) is 6.52. The zero-order valence-electron chi connectivity index (χ0n) is 13.7. The average molecular weight is 413 g/mol. The van der Waals surface area contributed by atoms with Crippen LogP contribution in [0.5, 0.6) is 11.5 Å². The van der Waals surface area contributed by atoms with Gasteiger partial charge in [-0.25, -0.2) is 0 Å². The first-order valence-electron chi connectivity index (χ1n) is 7.53. The Hall–Kier alpha value is -1.72. The van der Waals surface area contributed by atoms with Crippen LogP contribution in [0.3, 0.4) is 0 Å². The second-order valence-corrected chi connectivity index (χ2v) is 6.46. The van der Waals surface area contributed by atoms with Crippen molar-refractivity contribution in [1.82, 2.24) is 5.32 Å². The van der Waals surface area contributed by atoms with Crippen LogP contribution < -0.4 is 14.8 Å². The Morgan fingerprint density at radius 2 is 1.96 bits per heavy atom. The molecule has 0 radical (unpaired) electrons. The molecule has 1 atom stereocenters. The molecule has 0 aromatic heterocycles. The van der Waals surface area contributed by atoms with Crippen LogP contribution in [0.4, 0.5) is 0 Å². The fraction of sp³-hybridized carbons (Fsp3) is 0.278. The van der Waals surface area contributed by atoms with Crippen LogP contribution in [0, 0.1) is 0 Å². The zero-order chi connectivity index (χ0) is 17.7. The van der Waals surface area contributed by atoms with Crippen LogP contribution in [0.15, 0.2) is 40.9 Å². The van der Waals surface area contributed by atoms with E-state index in [1.54, 1.807) is 31.4 Å². The number of halogens is 2. The van der Waals surface area contributed by atoms with E-state index in [1.807, 2.05) is 26.0 Å². The van der Waals surface area contributed by atoms with Gasteiger partial charge in [-0.05, 0) is 59.6 Å². The van der Waals surface area contributed by atoms with Gasteiger partial charge in [-0.1, -0.05) is 23.7 Å². The van der Waals surface area contributed by atoms with Gasteiger partial charge in [-0.15, -0.1) is 0 Å². The molecule has 0 saturated heterocycles. The lowest BCUT2D eigenvalue weighted by atomic mass is 10.1. The lowest BCUT2D eigenvalue weighted by molar-refractivity contribution is 0.0939. The molecule has 0 bridgehead atoms. The van der Waals surface area contributed by atoms with Crippen molar-refractivity contribution < 1.29 is 14.3 Å². The highest BCUT2D eigenvalue weighted by molar-refractivity contribution is 9.10. The molecule has 0 aliphatic heterocycles. The highest BCUT2D eigenvalue weighted by Crippen LogP contribution is 2.36. The van der Waals surface area contributed by atoms with E-state index in [0.29, 0.717) is 33.2 Å². The van der Waals surface area contributed by atoms with E-state index in [2.05, 4.69) is 21.2 Å². The number of hydrogen-bond acceptors (Lipinski definition) is 3. The molecule has 0 spiro atoms.